The number of hydrogen-bond donors (Lipinski definition) is 2. The van der Waals surface area contributed by atoms with Gasteiger partial charge in [-0.3, -0.25) is 4.79 Å². The number of benzene rings is 3. The monoisotopic (exact) mass is 500 g/mol. The van der Waals surface area contributed by atoms with Crippen LogP contribution >= 0.6 is 11.8 Å². The molecule has 186 valence electrons. The van der Waals surface area contributed by atoms with E-state index in [4.69, 9.17) is 4.74 Å². The molecule has 0 aliphatic carbocycles. The van der Waals surface area contributed by atoms with Crippen LogP contribution in [0.15, 0.2) is 77.8 Å². The van der Waals surface area contributed by atoms with Gasteiger partial charge >= 0.3 is 0 Å². The van der Waals surface area contributed by atoms with Crippen molar-refractivity contribution in [3.8, 4) is 5.75 Å². The highest BCUT2D eigenvalue weighted by atomic mass is 32.2. The van der Waals surface area contributed by atoms with Crippen LogP contribution in [0, 0.1) is 0 Å². The minimum absolute atomic E-state index is 0.145. The van der Waals surface area contributed by atoms with Crippen LogP contribution in [0.1, 0.15) is 45.6 Å². The van der Waals surface area contributed by atoms with Crippen LogP contribution < -0.4 is 10.1 Å². The largest absolute Gasteiger partial charge is 0.493 e. The number of thioether (sulfide) groups is 1. The summed E-state index contributed by atoms with van der Waals surface area (Å²) >= 11 is 1.84. The first-order valence-corrected chi connectivity index (χ1v) is 13.4. The lowest BCUT2D eigenvalue weighted by atomic mass is 10.0. The fourth-order valence-corrected chi connectivity index (χ4v) is 6.22. The number of nitrogens with zero attached hydrogens (tertiary/aromatic N) is 1. The fourth-order valence-electron chi connectivity index (χ4n) is 4.91. The summed E-state index contributed by atoms with van der Waals surface area (Å²) in [5.74, 6) is 0.364. The van der Waals surface area contributed by atoms with Gasteiger partial charge in [0.15, 0.2) is 0 Å². The Bertz CT molecular complexity index is 1350. The van der Waals surface area contributed by atoms with Crippen LogP contribution in [-0.4, -0.2) is 34.8 Å². The Kier molecular flexibility index (Phi) is 7.35. The van der Waals surface area contributed by atoms with Gasteiger partial charge in [-0.25, -0.2) is 0 Å². The summed E-state index contributed by atoms with van der Waals surface area (Å²) in [7, 11) is 2.01. The Balaban J connectivity index is 1.38. The Morgan fingerprint density at radius 1 is 1.17 bits per heavy atom. The summed E-state index contributed by atoms with van der Waals surface area (Å²) in [6, 6.07) is 22.2. The van der Waals surface area contributed by atoms with Crippen molar-refractivity contribution < 1.29 is 14.6 Å². The highest BCUT2D eigenvalue weighted by Gasteiger charge is 2.26. The summed E-state index contributed by atoms with van der Waals surface area (Å²) in [6.45, 7) is 2.45. The molecule has 3 aromatic carbocycles. The van der Waals surface area contributed by atoms with Crippen LogP contribution in [0.25, 0.3) is 10.9 Å². The number of carbonyl (C=O) groups is 1. The molecule has 4 aromatic rings. The van der Waals surface area contributed by atoms with Gasteiger partial charge in [0.05, 0.1) is 24.8 Å². The maximum absolute atomic E-state index is 13.5. The molecule has 1 aliphatic heterocycles. The summed E-state index contributed by atoms with van der Waals surface area (Å²) in [5, 5.41) is 14.6. The van der Waals surface area contributed by atoms with E-state index in [2.05, 4.69) is 58.5 Å². The van der Waals surface area contributed by atoms with Crippen molar-refractivity contribution in [1.29, 1.82) is 0 Å². The zero-order valence-corrected chi connectivity index (χ0v) is 21.6. The maximum atomic E-state index is 13.5. The van der Waals surface area contributed by atoms with Gasteiger partial charge in [-0.05, 0) is 60.2 Å². The number of aryl methyl sites for hydroxylation is 1. The summed E-state index contributed by atoms with van der Waals surface area (Å²) in [5.41, 5.74) is 5.21. The molecular weight excluding hydrogens is 468 g/mol. The lowest BCUT2D eigenvalue weighted by molar-refractivity contribution is 0.0912. The number of carbonyl (C=O) groups excluding carboxylic acids is 1. The topological polar surface area (TPSA) is 63.5 Å². The average molecular weight is 501 g/mol. The molecule has 2 atom stereocenters. The number of para-hydroxylation sites is 1. The predicted octanol–water partition coefficient (Wildman–Crippen LogP) is 5.69. The summed E-state index contributed by atoms with van der Waals surface area (Å²) < 4.78 is 8.03. The van der Waals surface area contributed by atoms with E-state index in [9.17, 15) is 9.90 Å². The smallest absolute Gasteiger partial charge is 0.255 e. The van der Waals surface area contributed by atoms with Gasteiger partial charge in [0.2, 0.25) is 0 Å². The molecule has 0 fully saturated rings. The molecule has 36 heavy (non-hydrogen) atoms. The highest BCUT2D eigenvalue weighted by molar-refractivity contribution is 7.99. The zero-order chi connectivity index (χ0) is 25.1. The molecule has 0 radical (unpaired) electrons. The highest BCUT2D eigenvalue weighted by Crippen LogP contribution is 2.46. The van der Waals surface area contributed by atoms with Crippen molar-refractivity contribution in [2.45, 2.75) is 42.4 Å². The predicted molar refractivity (Wildman–Crippen MR) is 146 cm³/mol. The Labute approximate surface area is 216 Å². The molecule has 0 saturated carbocycles. The molecule has 0 spiro atoms. The van der Waals surface area contributed by atoms with Gasteiger partial charge in [0.25, 0.3) is 5.91 Å². The van der Waals surface area contributed by atoms with E-state index in [1.165, 1.54) is 10.5 Å². The molecule has 2 N–H and O–H groups in total. The van der Waals surface area contributed by atoms with Crippen LogP contribution in [-0.2, 0) is 19.9 Å². The minimum Gasteiger partial charge on any atom is -0.493 e. The number of ether oxygens (including phenoxy) is 1. The van der Waals surface area contributed by atoms with Crippen LogP contribution in [0.2, 0.25) is 0 Å². The third-order valence-electron chi connectivity index (χ3n) is 6.73. The van der Waals surface area contributed by atoms with Gasteiger partial charge in [-0.2, -0.15) is 0 Å². The van der Waals surface area contributed by atoms with Gasteiger partial charge in [0.1, 0.15) is 5.75 Å². The van der Waals surface area contributed by atoms with Crippen molar-refractivity contribution in [3.63, 3.8) is 0 Å². The number of aliphatic hydroxyl groups excluding tert-OH is 1. The molecule has 0 saturated heterocycles. The third kappa shape index (κ3) is 5.01. The Morgan fingerprint density at radius 3 is 2.78 bits per heavy atom. The zero-order valence-electron chi connectivity index (χ0n) is 20.7. The number of hydrogen-bond acceptors (Lipinski definition) is 4. The van der Waals surface area contributed by atoms with Crippen LogP contribution in [0.5, 0.6) is 5.75 Å². The molecule has 1 aliphatic rings. The lowest BCUT2D eigenvalue weighted by Gasteiger charge is -2.19. The average Bonchev–Trinajstić information content (AvgIpc) is 3.48. The second-order valence-electron chi connectivity index (χ2n) is 9.36. The van der Waals surface area contributed by atoms with E-state index in [1.807, 2.05) is 50.0 Å². The van der Waals surface area contributed by atoms with Crippen LogP contribution in [0.3, 0.4) is 0 Å². The minimum atomic E-state index is -0.406. The first kappa shape index (κ1) is 24.5. The number of amides is 1. The van der Waals surface area contributed by atoms with Gasteiger partial charge in [-0.1, -0.05) is 49.4 Å². The number of rotatable bonds is 9. The molecule has 1 amide bonds. The summed E-state index contributed by atoms with van der Waals surface area (Å²) in [4.78, 5) is 14.8. The quantitative estimate of drug-likeness (QED) is 0.310. The van der Waals surface area contributed by atoms with Crippen molar-refractivity contribution in [2.75, 3.05) is 13.2 Å². The molecule has 5 rings (SSSR count). The third-order valence-corrected chi connectivity index (χ3v) is 8.11. The number of aliphatic hydroxyl groups is 1. The standard InChI is InChI=1S/C30H32N2O3S/c1-3-14-35-27-13-12-21(29-17-20-8-4-7-11-28(20)36-29)16-25(27)30(34)31-23(19-33)15-22-18-32(2)26-10-6-5-9-24(22)26/h4-13,16,18,23,29,33H,3,14-15,17,19H2,1-2H3,(H,31,34)/t23-,29?/m1/s1. The second kappa shape index (κ2) is 10.8. The number of fused-ring (bicyclic) bond motifs is 2. The van der Waals surface area contributed by atoms with Gasteiger partial charge in [0, 0.05) is 34.3 Å². The van der Waals surface area contributed by atoms with Crippen molar-refractivity contribution >= 4 is 28.6 Å². The second-order valence-corrected chi connectivity index (χ2v) is 10.6. The van der Waals surface area contributed by atoms with E-state index in [0.29, 0.717) is 24.3 Å². The molecule has 6 heteroatoms. The van der Waals surface area contributed by atoms with Crippen LogP contribution in [0.4, 0.5) is 0 Å². The Morgan fingerprint density at radius 2 is 1.97 bits per heavy atom. The normalized spacial score (nSPS) is 15.6. The van der Waals surface area contributed by atoms with E-state index in [1.54, 1.807) is 0 Å². The molecule has 0 bridgehead atoms. The van der Waals surface area contributed by atoms with E-state index in [0.717, 1.165) is 34.9 Å². The molecular formula is C30H32N2O3S. The Hall–Kier alpha value is -3.22. The van der Waals surface area contributed by atoms with Crippen molar-refractivity contribution in [3.05, 3.63) is 95.2 Å². The fraction of sp³-hybridized carbons (Fsp3) is 0.300. The van der Waals surface area contributed by atoms with Gasteiger partial charge < -0.3 is 19.7 Å². The molecule has 2 heterocycles. The van der Waals surface area contributed by atoms with Crippen molar-refractivity contribution in [1.82, 2.24) is 9.88 Å². The lowest BCUT2D eigenvalue weighted by Crippen LogP contribution is -2.39. The first-order valence-electron chi connectivity index (χ1n) is 12.5. The maximum Gasteiger partial charge on any atom is 0.255 e. The van der Waals surface area contributed by atoms with Crippen molar-refractivity contribution in [2.24, 2.45) is 7.05 Å². The van der Waals surface area contributed by atoms with Gasteiger partial charge in [-0.15, -0.1) is 11.8 Å². The summed E-state index contributed by atoms with van der Waals surface area (Å²) in [6.07, 6.45) is 4.42. The number of aromatic nitrogens is 1. The van der Waals surface area contributed by atoms with E-state index >= 15 is 0 Å². The SMILES string of the molecule is CCCOc1ccc(C2Cc3ccccc3S2)cc1C(=O)N[C@@H](CO)Cc1cn(C)c2ccccc12. The molecule has 1 unspecified atom stereocenters. The first-order chi connectivity index (χ1) is 17.6. The van der Waals surface area contributed by atoms with E-state index in [-0.39, 0.29) is 17.8 Å². The molecule has 1 aromatic heterocycles. The van der Waals surface area contributed by atoms with E-state index < -0.39 is 6.04 Å². The molecule has 5 nitrogen and oxygen atoms in total. The number of nitrogens with one attached hydrogen (secondary N) is 1.